The molecule has 0 unspecified atom stereocenters. The summed E-state index contributed by atoms with van der Waals surface area (Å²) < 4.78 is 25.3. The van der Waals surface area contributed by atoms with Crippen molar-refractivity contribution in [2.45, 2.75) is 20.8 Å². The minimum Gasteiger partial charge on any atom is -0.492 e. The SMILES string of the molecule is CCOc1cc2c(C(=O)NC)c(-c3ccc(F)cc3)oc2cc1N(CC)CC. The normalized spacial score (nSPS) is 10.9. The van der Waals surface area contributed by atoms with Crippen LogP contribution in [-0.2, 0) is 0 Å². The lowest BCUT2D eigenvalue weighted by Gasteiger charge is -2.23. The average molecular weight is 384 g/mol. The van der Waals surface area contributed by atoms with Crippen LogP contribution < -0.4 is 15.0 Å². The van der Waals surface area contributed by atoms with Gasteiger partial charge < -0.3 is 19.4 Å². The van der Waals surface area contributed by atoms with Gasteiger partial charge in [0.2, 0.25) is 0 Å². The van der Waals surface area contributed by atoms with E-state index in [0.717, 1.165) is 18.8 Å². The van der Waals surface area contributed by atoms with Crippen LogP contribution in [0, 0.1) is 5.82 Å². The molecule has 0 radical (unpaired) electrons. The van der Waals surface area contributed by atoms with E-state index in [1.54, 1.807) is 19.2 Å². The third kappa shape index (κ3) is 3.54. The fraction of sp³-hybridized carbons (Fsp3) is 0.318. The molecule has 5 nitrogen and oxygen atoms in total. The number of fused-ring (bicyclic) bond motifs is 1. The van der Waals surface area contributed by atoms with Gasteiger partial charge in [0, 0.05) is 37.2 Å². The van der Waals surface area contributed by atoms with Gasteiger partial charge in [-0.15, -0.1) is 0 Å². The molecule has 0 saturated carbocycles. The molecular formula is C22H25FN2O3. The lowest BCUT2D eigenvalue weighted by atomic mass is 10.0. The molecule has 3 aromatic rings. The molecule has 1 heterocycles. The van der Waals surface area contributed by atoms with Crippen LogP contribution in [-0.4, -0.2) is 32.7 Å². The lowest BCUT2D eigenvalue weighted by Crippen LogP contribution is -2.22. The highest BCUT2D eigenvalue weighted by Crippen LogP contribution is 2.40. The summed E-state index contributed by atoms with van der Waals surface area (Å²) >= 11 is 0. The number of carbonyl (C=O) groups is 1. The van der Waals surface area contributed by atoms with E-state index in [4.69, 9.17) is 9.15 Å². The molecule has 28 heavy (non-hydrogen) atoms. The summed E-state index contributed by atoms with van der Waals surface area (Å²) in [4.78, 5) is 14.8. The second-order valence-corrected chi connectivity index (χ2v) is 6.31. The molecule has 148 valence electrons. The Kier molecular flexibility index (Phi) is 5.87. The predicted octanol–water partition coefficient (Wildman–Crippen LogP) is 4.84. The Balaban J connectivity index is 2.29. The number of nitrogens with zero attached hydrogens (tertiary/aromatic N) is 1. The second-order valence-electron chi connectivity index (χ2n) is 6.31. The number of amides is 1. The van der Waals surface area contributed by atoms with Gasteiger partial charge in [-0.1, -0.05) is 0 Å². The number of hydrogen-bond acceptors (Lipinski definition) is 4. The van der Waals surface area contributed by atoms with Crippen LogP contribution in [0.1, 0.15) is 31.1 Å². The number of furan rings is 1. The molecule has 3 rings (SSSR count). The smallest absolute Gasteiger partial charge is 0.255 e. The number of carbonyl (C=O) groups excluding carboxylic acids is 1. The highest BCUT2D eigenvalue weighted by Gasteiger charge is 2.24. The fourth-order valence-electron chi connectivity index (χ4n) is 3.35. The molecule has 0 aliphatic carbocycles. The number of benzene rings is 2. The number of nitrogens with one attached hydrogen (secondary N) is 1. The van der Waals surface area contributed by atoms with E-state index in [9.17, 15) is 9.18 Å². The Morgan fingerprint density at radius 2 is 1.82 bits per heavy atom. The van der Waals surface area contributed by atoms with Crippen molar-refractivity contribution < 1.29 is 18.3 Å². The van der Waals surface area contributed by atoms with E-state index >= 15 is 0 Å². The molecule has 1 aromatic heterocycles. The van der Waals surface area contributed by atoms with Crippen LogP contribution in [0.4, 0.5) is 10.1 Å². The monoisotopic (exact) mass is 384 g/mol. The summed E-state index contributed by atoms with van der Waals surface area (Å²) in [6.45, 7) is 8.22. The molecule has 0 aliphatic heterocycles. The average Bonchev–Trinajstić information content (AvgIpc) is 3.07. The first kappa shape index (κ1) is 19.7. The Hall–Kier alpha value is -3.02. The highest BCUT2D eigenvalue weighted by atomic mass is 19.1. The van der Waals surface area contributed by atoms with Gasteiger partial charge in [-0.3, -0.25) is 4.79 Å². The number of ether oxygens (including phenoxy) is 1. The van der Waals surface area contributed by atoms with Gasteiger partial charge in [0.1, 0.15) is 22.9 Å². The maximum atomic E-state index is 13.4. The molecule has 0 saturated heterocycles. The van der Waals surface area contributed by atoms with Gasteiger partial charge in [0.25, 0.3) is 5.91 Å². The van der Waals surface area contributed by atoms with Crippen molar-refractivity contribution in [3.63, 3.8) is 0 Å². The lowest BCUT2D eigenvalue weighted by molar-refractivity contribution is 0.0964. The molecule has 6 heteroatoms. The molecular weight excluding hydrogens is 359 g/mol. The minimum atomic E-state index is -0.344. The Morgan fingerprint density at radius 1 is 1.14 bits per heavy atom. The van der Waals surface area contributed by atoms with Gasteiger partial charge in [-0.05, 0) is 51.1 Å². The van der Waals surface area contributed by atoms with Crippen molar-refractivity contribution in [2.24, 2.45) is 0 Å². The molecule has 0 spiro atoms. The summed E-state index contributed by atoms with van der Waals surface area (Å²) in [6.07, 6.45) is 0. The van der Waals surface area contributed by atoms with E-state index in [-0.39, 0.29) is 11.7 Å². The first-order chi connectivity index (χ1) is 13.5. The summed E-state index contributed by atoms with van der Waals surface area (Å²) in [6, 6.07) is 9.68. The zero-order chi connectivity index (χ0) is 20.3. The summed E-state index contributed by atoms with van der Waals surface area (Å²) in [5.74, 6) is 0.503. The summed E-state index contributed by atoms with van der Waals surface area (Å²) in [5, 5.41) is 3.33. The van der Waals surface area contributed by atoms with Crippen LogP contribution in [0.15, 0.2) is 40.8 Å². The Morgan fingerprint density at radius 3 is 2.39 bits per heavy atom. The van der Waals surface area contributed by atoms with Gasteiger partial charge in [-0.25, -0.2) is 4.39 Å². The van der Waals surface area contributed by atoms with Crippen molar-refractivity contribution in [1.82, 2.24) is 5.32 Å². The third-order valence-corrected chi connectivity index (χ3v) is 4.73. The van der Waals surface area contributed by atoms with Gasteiger partial charge in [0.15, 0.2) is 0 Å². The molecule has 0 fully saturated rings. The quantitative estimate of drug-likeness (QED) is 0.633. The Labute approximate surface area is 164 Å². The summed E-state index contributed by atoms with van der Waals surface area (Å²) in [5.41, 5.74) is 2.56. The molecule has 1 amide bonds. The minimum absolute atomic E-state index is 0.267. The van der Waals surface area contributed by atoms with E-state index in [1.165, 1.54) is 12.1 Å². The maximum absolute atomic E-state index is 13.4. The van der Waals surface area contributed by atoms with Gasteiger partial charge in [-0.2, -0.15) is 0 Å². The van der Waals surface area contributed by atoms with Crippen molar-refractivity contribution >= 4 is 22.6 Å². The number of anilines is 1. The standard InChI is InChI=1S/C22H25FN2O3/c1-5-25(6-2)17-13-18-16(12-19(17)27-7-3)20(22(26)24-4)21(28-18)14-8-10-15(23)11-9-14/h8-13H,5-7H2,1-4H3,(H,24,26). The number of rotatable bonds is 7. The molecule has 2 aromatic carbocycles. The largest absolute Gasteiger partial charge is 0.492 e. The molecule has 0 atom stereocenters. The maximum Gasteiger partial charge on any atom is 0.255 e. The summed E-state index contributed by atoms with van der Waals surface area (Å²) in [7, 11) is 1.57. The van der Waals surface area contributed by atoms with E-state index < -0.39 is 0 Å². The van der Waals surface area contributed by atoms with Crippen LogP contribution in [0.2, 0.25) is 0 Å². The van der Waals surface area contributed by atoms with E-state index in [2.05, 4.69) is 24.1 Å². The van der Waals surface area contributed by atoms with Gasteiger partial charge >= 0.3 is 0 Å². The first-order valence-corrected chi connectivity index (χ1v) is 9.50. The second kappa shape index (κ2) is 8.33. The highest BCUT2D eigenvalue weighted by molar-refractivity contribution is 6.12. The van der Waals surface area contributed by atoms with Crippen molar-refractivity contribution in [3.8, 4) is 17.1 Å². The van der Waals surface area contributed by atoms with Crippen molar-refractivity contribution in [2.75, 3.05) is 31.6 Å². The van der Waals surface area contributed by atoms with Crippen LogP contribution >= 0.6 is 0 Å². The predicted molar refractivity (Wildman–Crippen MR) is 110 cm³/mol. The molecule has 0 bridgehead atoms. The van der Waals surface area contributed by atoms with Crippen molar-refractivity contribution in [1.29, 1.82) is 0 Å². The number of halogens is 1. The van der Waals surface area contributed by atoms with Crippen LogP contribution in [0.3, 0.4) is 0 Å². The molecule has 0 aliphatic rings. The first-order valence-electron chi connectivity index (χ1n) is 9.50. The fourth-order valence-corrected chi connectivity index (χ4v) is 3.35. The Bertz CT molecular complexity index is 976. The zero-order valence-corrected chi connectivity index (χ0v) is 16.6. The van der Waals surface area contributed by atoms with E-state index in [1.807, 2.05) is 19.1 Å². The van der Waals surface area contributed by atoms with Crippen molar-refractivity contribution in [3.05, 3.63) is 47.8 Å². The zero-order valence-electron chi connectivity index (χ0n) is 16.6. The van der Waals surface area contributed by atoms with Crippen LogP contribution in [0.25, 0.3) is 22.3 Å². The van der Waals surface area contributed by atoms with Gasteiger partial charge in [0.05, 0.1) is 17.9 Å². The topological polar surface area (TPSA) is 54.7 Å². The number of hydrogen-bond donors (Lipinski definition) is 1. The molecule has 1 N–H and O–H groups in total. The van der Waals surface area contributed by atoms with Crippen LogP contribution in [0.5, 0.6) is 5.75 Å². The van der Waals surface area contributed by atoms with E-state index in [0.29, 0.717) is 40.2 Å². The third-order valence-electron chi connectivity index (χ3n) is 4.73.